The van der Waals surface area contributed by atoms with Crippen molar-refractivity contribution in [2.45, 2.75) is 5.03 Å². The van der Waals surface area contributed by atoms with Gasteiger partial charge in [0.15, 0.2) is 0 Å². The lowest BCUT2D eigenvalue weighted by atomic mass is 10.0. The molecule has 0 amide bonds. The van der Waals surface area contributed by atoms with Gasteiger partial charge in [-0.2, -0.15) is 0 Å². The molecule has 0 unspecified atom stereocenters. The van der Waals surface area contributed by atoms with E-state index in [-0.39, 0.29) is 5.75 Å². The number of thiol groups is 1. The number of hydrogen-bond donors (Lipinski definition) is 2. The lowest BCUT2D eigenvalue weighted by Crippen LogP contribution is -2.00. The van der Waals surface area contributed by atoms with Gasteiger partial charge in [-0.3, -0.25) is 0 Å². The van der Waals surface area contributed by atoms with Crippen LogP contribution in [0.25, 0.3) is 27.7 Å². The minimum absolute atomic E-state index is 0.213. The zero-order valence-electron chi connectivity index (χ0n) is 12.4. The van der Waals surface area contributed by atoms with E-state index in [9.17, 15) is 9.50 Å². The monoisotopic (exact) mass is 337 g/mol. The van der Waals surface area contributed by atoms with Gasteiger partial charge in [0.25, 0.3) is 0 Å². The Labute approximate surface area is 142 Å². The van der Waals surface area contributed by atoms with Crippen LogP contribution in [-0.2, 0) is 0 Å². The summed E-state index contributed by atoms with van der Waals surface area (Å²) in [7, 11) is 0. The summed E-state index contributed by atoms with van der Waals surface area (Å²) in [5, 5.41) is 20.7. The molecule has 118 valence electrons. The highest BCUT2D eigenvalue weighted by molar-refractivity contribution is 7.80. The SMILES string of the molecule is Oc1cc(F)ccc1-n1nnc(S)c1-c1cccc2ccccc12. The summed E-state index contributed by atoms with van der Waals surface area (Å²) in [6, 6.07) is 17.6. The topological polar surface area (TPSA) is 50.9 Å². The molecule has 4 aromatic rings. The van der Waals surface area contributed by atoms with Crippen molar-refractivity contribution in [1.29, 1.82) is 0 Å². The molecule has 0 radical (unpaired) electrons. The number of nitrogens with zero attached hydrogens (tertiary/aromatic N) is 3. The molecule has 1 N–H and O–H groups in total. The van der Waals surface area contributed by atoms with Crippen LogP contribution in [0, 0.1) is 5.82 Å². The van der Waals surface area contributed by atoms with E-state index >= 15 is 0 Å². The summed E-state index contributed by atoms with van der Waals surface area (Å²) < 4.78 is 14.8. The maximum Gasteiger partial charge on any atom is 0.144 e. The maximum absolute atomic E-state index is 13.3. The standard InChI is InChI=1S/C18H12FN3OS/c19-12-8-9-15(16(23)10-12)22-17(18(24)20-21-22)14-7-3-5-11-4-1-2-6-13(11)14/h1-10,23-24H. The van der Waals surface area contributed by atoms with Gasteiger partial charge in [0.2, 0.25) is 0 Å². The molecule has 0 aliphatic carbocycles. The Bertz CT molecular complexity index is 1060. The fourth-order valence-electron chi connectivity index (χ4n) is 2.78. The first-order chi connectivity index (χ1) is 11.6. The molecule has 3 aromatic carbocycles. The van der Waals surface area contributed by atoms with E-state index in [0.717, 1.165) is 22.4 Å². The highest BCUT2D eigenvalue weighted by Crippen LogP contribution is 2.35. The Morgan fingerprint density at radius 3 is 2.62 bits per heavy atom. The first-order valence-corrected chi connectivity index (χ1v) is 7.71. The lowest BCUT2D eigenvalue weighted by molar-refractivity contribution is 0.464. The summed E-state index contributed by atoms with van der Waals surface area (Å²) in [6.07, 6.45) is 0. The number of benzene rings is 3. The Morgan fingerprint density at radius 2 is 1.79 bits per heavy atom. The molecule has 24 heavy (non-hydrogen) atoms. The van der Waals surface area contributed by atoms with E-state index in [1.165, 1.54) is 16.8 Å². The maximum atomic E-state index is 13.3. The zero-order chi connectivity index (χ0) is 16.7. The van der Waals surface area contributed by atoms with Crippen LogP contribution in [0.3, 0.4) is 0 Å². The minimum atomic E-state index is -0.519. The predicted molar refractivity (Wildman–Crippen MR) is 93.2 cm³/mol. The molecule has 1 aromatic heterocycles. The van der Waals surface area contributed by atoms with Gasteiger partial charge in [0, 0.05) is 11.6 Å². The number of aromatic hydroxyl groups is 1. The predicted octanol–water partition coefficient (Wildman–Crippen LogP) is 4.22. The molecule has 0 saturated heterocycles. The van der Waals surface area contributed by atoms with Crippen LogP contribution in [-0.4, -0.2) is 20.1 Å². The molecule has 1 heterocycles. The van der Waals surface area contributed by atoms with E-state index in [2.05, 4.69) is 22.9 Å². The summed E-state index contributed by atoms with van der Waals surface area (Å²) in [6.45, 7) is 0. The van der Waals surface area contributed by atoms with E-state index < -0.39 is 5.82 Å². The average molecular weight is 337 g/mol. The second-order valence-corrected chi connectivity index (χ2v) is 5.76. The van der Waals surface area contributed by atoms with E-state index in [0.29, 0.717) is 16.4 Å². The molecule has 0 saturated carbocycles. The molecule has 0 bridgehead atoms. The molecule has 0 atom stereocenters. The number of aromatic nitrogens is 3. The number of phenols is 1. The highest BCUT2D eigenvalue weighted by Gasteiger charge is 2.18. The molecule has 4 rings (SSSR count). The summed E-state index contributed by atoms with van der Waals surface area (Å²) in [5.74, 6) is -0.733. The summed E-state index contributed by atoms with van der Waals surface area (Å²) in [4.78, 5) is 0. The number of fused-ring (bicyclic) bond motifs is 1. The van der Waals surface area contributed by atoms with Gasteiger partial charge in [-0.15, -0.1) is 17.7 Å². The fraction of sp³-hybridized carbons (Fsp3) is 0. The minimum Gasteiger partial charge on any atom is -0.506 e. The molecule has 0 fully saturated rings. The van der Waals surface area contributed by atoms with Crippen molar-refractivity contribution in [2.24, 2.45) is 0 Å². The summed E-state index contributed by atoms with van der Waals surface area (Å²) in [5.41, 5.74) is 1.86. The second kappa shape index (κ2) is 5.65. The van der Waals surface area contributed by atoms with Gasteiger partial charge in [-0.1, -0.05) is 47.7 Å². The number of halogens is 1. The Kier molecular flexibility index (Phi) is 3.46. The van der Waals surface area contributed by atoms with Gasteiger partial charge in [0.1, 0.15) is 28.0 Å². The molecule has 6 heteroatoms. The largest absolute Gasteiger partial charge is 0.506 e. The first kappa shape index (κ1) is 14.7. The summed E-state index contributed by atoms with van der Waals surface area (Å²) >= 11 is 4.41. The van der Waals surface area contributed by atoms with Crippen molar-refractivity contribution in [3.05, 3.63) is 66.5 Å². The third-order valence-corrected chi connectivity index (χ3v) is 4.16. The van der Waals surface area contributed by atoms with Gasteiger partial charge in [0.05, 0.1) is 0 Å². The Morgan fingerprint density at radius 1 is 1.00 bits per heavy atom. The number of rotatable bonds is 2. The van der Waals surface area contributed by atoms with Gasteiger partial charge >= 0.3 is 0 Å². The molecule has 4 nitrogen and oxygen atoms in total. The van der Waals surface area contributed by atoms with Crippen LogP contribution in [0.1, 0.15) is 0 Å². The van der Waals surface area contributed by atoms with Crippen molar-refractivity contribution in [1.82, 2.24) is 15.0 Å². The second-order valence-electron chi connectivity index (χ2n) is 5.33. The molecule has 0 aliphatic rings. The van der Waals surface area contributed by atoms with Crippen LogP contribution in [0.2, 0.25) is 0 Å². The van der Waals surface area contributed by atoms with E-state index in [4.69, 9.17) is 0 Å². The Hall–Kier alpha value is -2.86. The van der Waals surface area contributed by atoms with Crippen molar-refractivity contribution >= 4 is 23.4 Å². The average Bonchev–Trinajstić information content (AvgIpc) is 2.95. The van der Waals surface area contributed by atoms with Gasteiger partial charge in [-0.05, 0) is 22.9 Å². The van der Waals surface area contributed by atoms with Crippen LogP contribution >= 0.6 is 12.6 Å². The number of hydrogen-bond acceptors (Lipinski definition) is 4. The smallest absolute Gasteiger partial charge is 0.144 e. The van der Waals surface area contributed by atoms with Gasteiger partial charge < -0.3 is 5.11 Å². The molecule has 0 aliphatic heterocycles. The van der Waals surface area contributed by atoms with E-state index in [1.807, 2.05) is 42.5 Å². The number of phenolic OH excluding ortho intramolecular Hbond substituents is 1. The third kappa shape index (κ3) is 2.32. The van der Waals surface area contributed by atoms with Crippen molar-refractivity contribution in [2.75, 3.05) is 0 Å². The van der Waals surface area contributed by atoms with Crippen LogP contribution < -0.4 is 0 Å². The van der Waals surface area contributed by atoms with Crippen molar-refractivity contribution in [3.8, 4) is 22.7 Å². The quantitative estimate of drug-likeness (QED) is 0.539. The first-order valence-electron chi connectivity index (χ1n) is 7.27. The molecule has 0 spiro atoms. The lowest BCUT2D eigenvalue weighted by Gasteiger charge is -2.11. The molecular formula is C18H12FN3OS. The van der Waals surface area contributed by atoms with Crippen molar-refractivity contribution in [3.63, 3.8) is 0 Å². The van der Waals surface area contributed by atoms with Crippen LogP contribution in [0.15, 0.2) is 65.7 Å². The zero-order valence-corrected chi connectivity index (χ0v) is 13.3. The van der Waals surface area contributed by atoms with Crippen LogP contribution in [0.5, 0.6) is 5.75 Å². The fourth-order valence-corrected chi connectivity index (χ4v) is 3.04. The molecular weight excluding hydrogens is 325 g/mol. The normalized spacial score (nSPS) is 11.1. The van der Waals surface area contributed by atoms with Crippen molar-refractivity contribution < 1.29 is 9.50 Å². The highest BCUT2D eigenvalue weighted by atomic mass is 32.1. The third-order valence-electron chi connectivity index (χ3n) is 3.86. The Balaban J connectivity index is 2.01. The van der Waals surface area contributed by atoms with Gasteiger partial charge in [-0.25, -0.2) is 9.07 Å². The van der Waals surface area contributed by atoms with E-state index in [1.54, 1.807) is 0 Å². The van der Waals surface area contributed by atoms with Crippen LogP contribution in [0.4, 0.5) is 4.39 Å².